The molecule has 2 N–H and O–H groups in total. The Labute approximate surface area is 116 Å². The van der Waals surface area contributed by atoms with Gasteiger partial charge in [0, 0.05) is 11.6 Å². The summed E-state index contributed by atoms with van der Waals surface area (Å²) in [6.07, 6.45) is 0.0533. The largest absolute Gasteiger partial charge is 0.482 e. The van der Waals surface area contributed by atoms with Gasteiger partial charge in [0.2, 0.25) is 0 Å². The quantitative estimate of drug-likeness (QED) is 0.845. The molecule has 0 bridgehead atoms. The number of benzene rings is 1. The molecule has 18 heavy (non-hydrogen) atoms. The first-order chi connectivity index (χ1) is 8.52. The van der Waals surface area contributed by atoms with E-state index in [0.29, 0.717) is 22.2 Å². The highest BCUT2D eigenvalue weighted by atomic mass is 35.5. The van der Waals surface area contributed by atoms with Crippen LogP contribution in [-0.2, 0) is 4.79 Å². The molecule has 0 fully saturated rings. The van der Waals surface area contributed by atoms with E-state index in [1.54, 1.807) is 12.1 Å². The van der Waals surface area contributed by atoms with Gasteiger partial charge in [0.1, 0.15) is 5.75 Å². The van der Waals surface area contributed by atoms with Crippen LogP contribution >= 0.6 is 23.2 Å². The Hall–Kier alpha value is -0.970. The zero-order valence-electron chi connectivity index (χ0n) is 9.95. The van der Waals surface area contributed by atoms with Gasteiger partial charge in [-0.1, -0.05) is 30.1 Å². The average molecular weight is 292 g/mol. The Balaban J connectivity index is 2.38. The molecule has 0 heterocycles. The van der Waals surface area contributed by atoms with Gasteiger partial charge in [0.15, 0.2) is 6.61 Å². The van der Waals surface area contributed by atoms with Gasteiger partial charge in [-0.3, -0.25) is 4.79 Å². The summed E-state index contributed by atoms with van der Waals surface area (Å²) in [6.45, 7) is 1.89. The zero-order chi connectivity index (χ0) is 13.5. The first-order valence-electron chi connectivity index (χ1n) is 5.55. The summed E-state index contributed by atoms with van der Waals surface area (Å²) in [6, 6.07) is 4.76. The molecule has 0 aliphatic carbocycles. The van der Waals surface area contributed by atoms with Crippen LogP contribution in [0.1, 0.15) is 13.3 Å². The molecule has 6 heteroatoms. The minimum absolute atomic E-state index is 0.155. The van der Waals surface area contributed by atoms with Crippen molar-refractivity contribution in [2.45, 2.75) is 19.4 Å². The molecule has 0 saturated carbocycles. The van der Waals surface area contributed by atoms with Crippen molar-refractivity contribution in [1.82, 2.24) is 5.32 Å². The van der Waals surface area contributed by atoms with Crippen LogP contribution in [0.3, 0.4) is 0 Å². The fraction of sp³-hybridized carbons (Fsp3) is 0.417. The highest BCUT2D eigenvalue weighted by Crippen LogP contribution is 2.27. The van der Waals surface area contributed by atoms with Crippen molar-refractivity contribution >= 4 is 29.1 Å². The molecule has 1 aromatic carbocycles. The van der Waals surface area contributed by atoms with Crippen molar-refractivity contribution in [2.75, 3.05) is 13.2 Å². The first kappa shape index (κ1) is 15.1. The minimum Gasteiger partial charge on any atom is -0.482 e. The van der Waals surface area contributed by atoms with Crippen LogP contribution in [0, 0.1) is 0 Å². The molecule has 1 rings (SSSR count). The van der Waals surface area contributed by atoms with E-state index < -0.39 is 6.10 Å². The minimum atomic E-state index is -0.534. The zero-order valence-corrected chi connectivity index (χ0v) is 11.5. The van der Waals surface area contributed by atoms with E-state index in [-0.39, 0.29) is 19.1 Å². The Bertz CT molecular complexity index is 412. The maximum Gasteiger partial charge on any atom is 0.258 e. The number of hydrogen-bond donors (Lipinski definition) is 2. The summed E-state index contributed by atoms with van der Waals surface area (Å²) in [4.78, 5) is 11.4. The van der Waals surface area contributed by atoms with E-state index in [9.17, 15) is 9.90 Å². The molecule has 0 aliphatic heterocycles. The number of halogens is 2. The molecule has 1 aromatic rings. The fourth-order valence-corrected chi connectivity index (χ4v) is 1.63. The number of hydrogen-bond acceptors (Lipinski definition) is 3. The number of carbonyl (C=O) groups excluding carboxylic acids is 1. The second-order valence-corrected chi connectivity index (χ2v) is 4.57. The van der Waals surface area contributed by atoms with Gasteiger partial charge in [0.05, 0.1) is 11.1 Å². The van der Waals surface area contributed by atoms with E-state index in [1.165, 1.54) is 6.07 Å². The van der Waals surface area contributed by atoms with Crippen molar-refractivity contribution in [3.63, 3.8) is 0 Å². The molecule has 0 saturated heterocycles. The van der Waals surface area contributed by atoms with Crippen LogP contribution in [0.5, 0.6) is 5.75 Å². The fourth-order valence-electron chi connectivity index (χ4n) is 1.16. The van der Waals surface area contributed by atoms with E-state index in [4.69, 9.17) is 27.9 Å². The standard InChI is InChI=1S/C12H15Cl2NO3/c1-2-9(16)6-15-12(17)7-18-11-4-3-8(13)5-10(11)14/h3-5,9,16H,2,6-7H2,1H3,(H,15,17). The molecule has 0 aromatic heterocycles. The molecule has 0 radical (unpaired) electrons. The summed E-state index contributed by atoms with van der Waals surface area (Å²) in [5.74, 6) is 0.0840. The number of carbonyl (C=O) groups is 1. The predicted molar refractivity (Wildman–Crippen MR) is 71.3 cm³/mol. The van der Waals surface area contributed by atoms with Crippen LogP contribution in [-0.4, -0.2) is 30.3 Å². The van der Waals surface area contributed by atoms with E-state index in [2.05, 4.69) is 5.32 Å². The lowest BCUT2D eigenvalue weighted by molar-refractivity contribution is -0.123. The van der Waals surface area contributed by atoms with Crippen LogP contribution in [0.15, 0.2) is 18.2 Å². The van der Waals surface area contributed by atoms with Gasteiger partial charge >= 0.3 is 0 Å². The summed E-state index contributed by atoms with van der Waals surface area (Å²) in [5, 5.41) is 12.7. The summed E-state index contributed by atoms with van der Waals surface area (Å²) < 4.78 is 5.24. The third kappa shape index (κ3) is 5.12. The molecule has 1 unspecified atom stereocenters. The van der Waals surface area contributed by atoms with Crippen LogP contribution in [0.4, 0.5) is 0 Å². The number of nitrogens with one attached hydrogen (secondary N) is 1. The van der Waals surface area contributed by atoms with E-state index >= 15 is 0 Å². The third-order valence-electron chi connectivity index (χ3n) is 2.26. The Morgan fingerprint density at radius 3 is 2.83 bits per heavy atom. The Kier molecular flexibility index (Phi) is 6.25. The highest BCUT2D eigenvalue weighted by Gasteiger charge is 2.08. The monoisotopic (exact) mass is 291 g/mol. The van der Waals surface area contributed by atoms with Crippen molar-refractivity contribution in [3.8, 4) is 5.75 Å². The first-order valence-corrected chi connectivity index (χ1v) is 6.31. The van der Waals surface area contributed by atoms with E-state index in [0.717, 1.165) is 0 Å². The normalized spacial score (nSPS) is 12.0. The number of ether oxygens (including phenoxy) is 1. The summed E-state index contributed by atoms with van der Waals surface area (Å²) >= 11 is 11.6. The van der Waals surface area contributed by atoms with Gasteiger partial charge in [0.25, 0.3) is 5.91 Å². The average Bonchev–Trinajstić information content (AvgIpc) is 2.34. The smallest absolute Gasteiger partial charge is 0.258 e. The summed E-state index contributed by atoms with van der Waals surface area (Å²) in [7, 11) is 0. The van der Waals surface area contributed by atoms with Crippen molar-refractivity contribution < 1.29 is 14.6 Å². The second kappa shape index (κ2) is 7.46. The van der Waals surface area contributed by atoms with Crippen molar-refractivity contribution in [2.24, 2.45) is 0 Å². The van der Waals surface area contributed by atoms with Gasteiger partial charge in [-0.25, -0.2) is 0 Å². The number of rotatable bonds is 6. The third-order valence-corrected chi connectivity index (χ3v) is 2.79. The maximum atomic E-state index is 11.4. The lowest BCUT2D eigenvalue weighted by Gasteiger charge is -2.11. The number of amides is 1. The SMILES string of the molecule is CCC(O)CNC(=O)COc1ccc(Cl)cc1Cl. The molecule has 0 spiro atoms. The molecular weight excluding hydrogens is 277 g/mol. The molecular formula is C12H15Cl2NO3. The molecule has 1 atom stereocenters. The second-order valence-electron chi connectivity index (χ2n) is 3.73. The molecule has 0 aliphatic rings. The highest BCUT2D eigenvalue weighted by molar-refractivity contribution is 6.35. The number of aliphatic hydroxyl groups is 1. The number of aliphatic hydroxyl groups excluding tert-OH is 1. The Morgan fingerprint density at radius 2 is 2.22 bits per heavy atom. The lowest BCUT2D eigenvalue weighted by atomic mass is 10.3. The van der Waals surface area contributed by atoms with Crippen molar-refractivity contribution in [1.29, 1.82) is 0 Å². The van der Waals surface area contributed by atoms with Gasteiger partial charge in [-0.15, -0.1) is 0 Å². The van der Waals surface area contributed by atoms with Gasteiger partial charge in [-0.05, 0) is 24.6 Å². The van der Waals surface area contributed by atoms with Crippen LogP contribution < -0.4 is 10.1 Å². The predicted octanol–water partition coefficient (Wildman–Crippen LogP) is 2.26. The van der Waals surface area contributed by atoms with Crippen molar-refractivity contribution in [3.05, 3.63) is 28.2 Å². The lowest BCUT2D eigenvalue weighted by Crippen LogP contribution is -2.35. The van der Waals surface area contributed by atoms with Gasteiger partial charge < -0.3 is 15.2 Å². The van der Waals surface area contributed by atoms with Gasteiger partial charge in [-0.2, -0.15) is 0 Å². The van der Waals surface area contributed by atoms with E-state index in [1.807, 2.05) is 6.92 Å². The maximum absolute atomic E-state index is 11.4. The van der Waals surface area contributed by atoms with Crippen LogP contribution in [0.2, 0.25) is 10.0 Å². The molecule has 100 valence electrons. The van der Waals surface area contributed by atoms with Crippen LogP contribution in [0.25, 0.3) is 0 Å². The molecule has 1 amide bonds. The topological polar surface area (TPSA) is 58.6 Å². The Morgan fingerprint density at radius 1 is 1.50 bits per heavy atom. The molecule has 4 nitrogen and oxygen atoms in total. The summed E-state index contributed by atoms with van der Waals surface area (Å²) in [5.41, 5.74) is 0.